The number of benzene rings is 1. The number of fused-ring (bicyclic) bond motifs is 1. The summed E-state index contributed by atoms with van der Waals surface area (Å²) < 4.78 is 6.66. The van der Waals surface area contributed by atoms with Crippen LogP contribution in [-0.2, 0) is 4.74 Å². The fourth-order valence-corrected chi connectivity index (χ4v) is 5.94. The Balaban J connectivity index is 1.50. The number of hydrogen-bond donors (Lipinski definition) is 2. The molecule has 2 aliphatic rings. The van der Waals surface area contributed by atoms with E-state index in [0.717, 1.165) is 71.6 Å². The first-order valence-electron chi connectivity index (χ1n) is 11.9. The first-order chi connectivity index (χ1) is 17.3. The van der Waals surface area contributed by atoms with Crippen molar-refractivity contribution in [3.63, 3.8) is 0 Å². The van der Waals surface area contributed by atoms with E-state index in [1.807, 2.05) is 30.6 Å². The molecule has 10 heteroatoms. The van der Waals surface area contributed by atoms with Crippen molar-refractivity contribution < 1.29 is 9.84 Å². The molecule has 9 nitrogen and oxygen atoms in total. The zero-order valence-corrected chi connectivity index (χ0v) is 20.1. The predicted molar refractivity (Wildman–Crippen MR) is 136 cm³/mol. The fourth-order valence-electron chi connectivity index (χ4n) is 4.69. The number of nitrogens with one attached hydrogen (secondary N) is 1. The Bertz CT molecular complexity index is 1300. The molecule has 2 fully saturated rings. The summed E-state index contributed by atoms with van der Waals surface area (Å²) in [6.07, 6.45) is 3.62. The molecule has 35 heavy (non-hydrogen) atoms. The van der Waals surface area contributed by atoms with Crippen molar-refractivity contribution in [3.05, 3.63) is 59.5 Å². The quantitative estimate of drug-likeness (QED) is 0.438. The molecule has 2 aliphatic heterocycles. The Labute approximate surface area is 207 Å². The van der Waals surface area contributed by atoms with Gasteiger partial charge in [-0.15, -0.1) is 11.3 Å². The molecule has 0 aliphatic carbocycles. The van der Waals surface area contributed by atoms with E-state index in [2.05, 4.69) is 31.2 Å². The van der Waals surface area contributed by atoms with Gasteiger partial charge in [-0.05, 0) is 24.3 Å². The average Bonchev–Trinajstić information content (AvgIpc) is 3.33. The monoisotopic (exact) mass is 489 g/mol. The van der Waals surface area contributed by atoms with Crippen molar-refractivity contribution in [2.24, 2.45) is 0 Å². The molecular weight excluding hydrogens is 462 g/mol. The normalized spacial score (nSPS) is 18.1. The van der Waals surface area contributed by atoms with Crippen LogP contribution in [0.1, 0.15) is 16.7 Å². The van der Waals surface area contributed by atoms with Gasteiger partial charge in [0.25, 0.3) is 0 Å². The summed E-state index contributed by atoms with van der Waals surface area (Å²) >= 11 is 1.72. The molecule has 2 N–H and O–H groups in total. The fraction of sp³-hybridized carbons (Fsp3) is 0.360. The molecule has 6 rings (SSSR count). The maximum Gasteiger partial charge on any atom is 0.162 e. The third-order valence-electron chi connectivity index (χ3n) is 6.40. The Morgan fingerprint density at radius 3 is 2.54 bits per heavy atom. The molecule has 180 valence electrons. The minimum atomic E-state index is -0.0424. The number of morpholine rings is 1. The highest BCUT2D eigenvalue weighted by Gasteiger charge is 2.29. The van der Waals surface area contributed by atoms with Crippen LogP contribution in [0.3, 0.4) is 0 Å². The number of ether oxygens (including phenoxy) is 1. The van der Waals surface area contributed by atoms with Crippen LogP contribution in [0, 0.1) is 0 Å². The summed E-state index contributed by atoms with van der Waals surface area (Å²) in [7, 11) is 0. The number of aromatic nitrogens is 4. The van der Waals surface area contributed by atoms with E-state index >= 15 is 0 Å². The van der Waals surface area contributed by atoms with E-state index in [1.54, 1.807) is 23.5 Å². The van der Waals surface area contributed by atoms with E-state index in [-0.39, 0.29) is 11.8 Å². The van der Waals surface area contributed by atoms with Gasteiger partial charge in [-0.1, -0.05) is 12.1 Å². The molecule has 0 spiro atoms. The second-order valence-electron chi connectivity index (χ2n) is 8.68. The van der Waals surface area contributed by atoms with Crippen LogP contribution in [0.15, 0.2) is 48.8 Å². The maximum absolute atomic E-state index is 10.0. The van der Waals surface area contributed by atoms with E-state index < -0.39 is 0 Å². The number of piperazine rings is 1. The SMILES string of the molecule is Oc1cccc(-c2nc(N3CCOCC3)c3sc(C(c4ncccn4)N4CCNCC4)cc3n2)c1. The summed E-state index contributed by atoms with van der Waals surface area (Å²) in [6, 6.07) is 11.1. The highest BCUT2D eigenvalue weighted by molar-refractivity contribution is 7.19. The third-order valence-corrected chi connectivity index (χ3v) is 7.58. The molecule has 0 bridgehead atoms. The Hall–Kier alpha value is -3.18. The van der Waals surface area contributed by atoms with Gasteiger partial charge in [0.2, 0.25) is 0 Å². The van der Waals surface area contributed by atoms with E-state index in [9.17, 15) is 5.11 Å². The Morgan fingerprint density at radius 2 is 1.77 bits per heavy atom. The minimum Gasteiger partial charge on any atom is -0.508 e. The smallest absolute Gasteiger partial charge is 0.162 e. The molecule has 4 aromatic rings. The van der Waals surface area contributed by atoms with Crippen LogP contribution in [0.25, 0.3) is 21.6 Å². The first kappa shape index (κ1) is 22.3. The second kappa shape index (κ2) is 9.82. The molecule has 5 heterocycles. The van der Waals surface area contributed by atoms with Crippen molar-refractivity contribution in [1.82, 2.24) is 30.2 Å². The molecule has 2 saturated heterocycles. The van der Waals surface area contributed by atoms with Crippen molar-refractivity contribution in [2.45, 2.75) is 6.04 Å². The zero-order chi connectivity index (χ0) is 23.6. The van der Waals surface area contributed by atoms with Crippen molar-refractivity contribution in [1.29, 1.82) is 0 Å². The predicted octanol–water partition coefficient (Wildman–Crippen LogP) is 2.69. The van der Waals surface area contributed by atoms with Crippen molar-refractivity contribution >= 4 is 27.4 Å². The average molecular weight is 490 g/mol. The van der Waals surface area contributed by atoms with Crippen LogP contribution in [-0.4, -0.2) is 82.4 Å². The highest BCUT2D eigenvalue weighted by Crippen LogP contribution is 2.40. The van der Waals surface area contributed by atoms with Gasteiger partial charge in [0.15, 0.2) is 17.5 Å². The standard InChI is InChI=1S/C25H27N7O2S/c33-18-4-1-3-17(15-18)23-29-19-16-20(35-22(19)25(30-23)32-11-13-34-14-12-32)21(24-27-5-2-6-28-24)31-9-7-26-8-10-31/h1-6,15-16,21,26,33H,7-14H2. The topological polar surface area (TPSA) is 99.5 Å². The van der Waals surface area contributed by atoms with Crippen LogP contribution >= 0.6 is 11.3 Å². The summed E-state index contributed by atoms with van der Waals surface area (Å²) in [6.45, 7) is 6.63. The van der Waals surface area contributed by atoms with Crippen molar-refractivity contribution in [2.75, 3.05) is 57.4 Å². The van der Waals surface area contributed by atoms with Gasteiger partial charge in [0.1, 0.15) is 11.8 Å². The number of anilines is 1. The van der Waals surface area contributed by atoms with E-state index in [4.69, 9.17) is 14.7 Å². The van der Waals surface area contributed by atoms with E-state index in [0.29, 0.717) is 19.0 Å². The van der Waals surface area contributed by atoms with Gasteiger partial charge < -0.3 is 20.1 Å². The third kappa shape index (κ3) is 4.57. The first-order valence-corrected chi connectivity index (χ1v) is 12.7. The number of phenols is 1. The summed E-state index contributed by atoms with van der Waals surface area (Å²) in [4.78, 5) is 25.1. The molecule has 0 amide bonds. The number of thiophene rings is 1. The van der Waals surface area contributed by atoms with Gasteiger partial charge in [-0.2, -0.15) is 0 Å². The van der Waals surface area contributed by atoms with Gasteiger partial charge in [-0.25, -0.2) is 19.9 Å². The Morgan fingerprint density at radius 1 is 0.971 bits per heavy atom. The summed E-state index contributed by atoms with van der Waals surface area (Å²) in [5, 5.41) is 13.5. The lowest BCUT2D eigenvalue weighted by molar-refractivity contribution is 0.122. The molecule has 1 aromatic carbocycles. The number of rotatable bonds is 5. The second-order valence-corrected chi connectivity index (χ2v) is 9.76. The molecule has 0 radical (unpaired) electrons. The largest absolute Gasteiger partial charge is 0.508 e. The molecule has 3 aromatic heterocycles. The van der Waals surface area contributed by atoms with Crippen LogP contribution in [0.5, 0.6) is 5.75 Å². The molecule has 1 atom stereocenters. The van der Waals surface area contributed by atoms with Gasteiger partial charge in [-0.3, -0.25) is 4.90 Å². The lowest BCUT2D eigenvalue weighted by Crippen LogP contribution is -2.45. The molecule has 1 unspecified atom stereocenters. The minimum absolute atomic E-state index is 0.0424. The molecule has 0 saturated carbocycles. The maximum atomic E-state index is 10.0. The summed E-state index contributed by atoms with van der Waals surface area (Å²) in [5.74, 6) is 2.52. The lowest BCUT2D eigenvalue weighted by atomic mass is 10.1. The van der Waals surface area contributed by atoms with Crippen molar-refractivity contribution in [3.8, 4) is 17.1 Å². The number of aromatic hydroxyl groups is 1. The number of nitrogens with zero attached hydrogens (tertiary/aromatic N) is 6. The van der Waals surface area contributed by atoms with Crippen LogP contribution in [0.2, 0.25) is 0 Å². The molecular formula is C25H27N7O2S. The van der Waals surface area contributed by atoms with Gasteiger partial charge >= 0.3 is 0 Å². The van der Waals surface area contributed by atoms with Crippen LogP contribution < -0.4 is 10.2 Å². The van der Waals surface area contributed by atoms with Crippen LogP contribution in [0.4, 0.5) is 5.82 Å². The zero-order valence-electron chi connectivity index (χ0n) is 19.3. The lowest BCUT2D eigenvalue weighted by Gasteiger charge is -2.33. The number of hydrogen-bond acceptors (Lipinski definition) is 10. The highest BCUT2D eigenvalue weighted by atomic mass is 32.1. The van der Waals surface area contributed by atoms with E-state index in [1.165, 1.54) is 0 Å². The number of phenolic OH excluding ortho intramolecular Hbond substituents is 1. The summed E-state index contributed by atoms with van der Waals surface area (Å²) in [5.41, 5.74) is 1.69. The van der Waals surface area contributed by atoms with Gasteiger partial charge in [0, 0.05) is 62.1 Å². The Kier molecular flexibility index (Phi) is 6.26. The van der Waals surface area contributed by atoms with Gasteiger partial charge in [0.05, 0.1) is 23.4 Å².